The molecule has 2 unspecified atom stereocenters. The van der Waals surface area contributed by atoms with E-state index in [0.717, 1.165) is 77.0 Å². The molecule has 4 N–H and O–H groups in total. The maximum absolute atomic E-state index is 9.92. The Kier molecular flexibility index (Phi) is 17.1. The van der Waals surface area contributed by atoms with E-state index >= 15 is 0 Å². The van der Waals surface area contributed by atoms with Crippen LogP contribution in [0.3, 0.4) is 0 Å². The number of hydrogen-bond donors (Lipinski definition) is 4. The van der Waals surface area contributed by atoms with E-state index in [1.807, 2.05) is 0 Å². The summed E-state index contributed by atoms with van der Waals surface area (Å²) in [5.41, 5.74) is 0. The van der Waals surface area contributed by atoms with E-state index in [1.54, 1.807) is 0 Å². The molecule has 22 heavy (non-hydrogen) atoms. The normalized spacial score (nSPS) is 14.2. The molecule has 0 aliphatic rings. The molecule has 4 nitrogen and oxygen atoms in total. The Morgan fingerprint density at radius 3 is 1.00 bits per heavy atom. The van der Waals surface area contributed by atoms with E-state index < -0.39 is 12.2 Å². The average Bonchev–Trinajstić information content (AvgIpc) is 2.52. The smallest absolute Gasteiger partial charge is 0.0799 e. The minimum atomic E-state index is -0.577. The molecule has 0 heterocycles. The summed E-state index contributed by atoms with van der Waals surface area (Å²) in [7, 11) is 0. The quantitative estimate of drug-likeness (QED) is 0.311. The van der Waals surface area contributed by atoms with Crippen LogP contribution < -0.4 is 0 Å². The van der Waals surface area contributed by atoms with E-state index in [-0.39, 0.29) is 13.2 Å². The Morgan fingerprint density at radius 1 is 0.409 bits per heavy atom. The van der Waals surface area contributed by atoms with Gasteiger partial charge >= 0.3 is 0 Å². The Morgan fingerprint density at radius 2 is 0.682 bits per heavy atom. The third-order valence-corrected chi connectivity index (χ3v) is 4.26. The van der Waals surface area contributed by atoms with Gasteiger partial charge in [-0.3, -0.25) is 0 Å². The molecule has 0 aliphatic heterocycles. The molecule has 0 bridgehead atoms. The first kappa shape index (κ1) is 21.8. The summed E-state index contributed by atoms with van der Waals surface area (Å²) >= 11 is 0. The molecular formula is C18H38O4. The zero-order valence-electron chi connectivity index (χ0n) is 14.3. The summed E-state index contributed by atoms with van der Waals surface area (Å²) in [4.78, 5) is 0. The minimum absolute atomic E-state index is 0.284. The van der Waals surface area contributed by atoms with Gasteiger partial charge in [-0.15, -0.1) is 0 Å². The van der Waals surface area contributed by atoms with Gasteiger partial charge in [0, 0.05) is 13.2 Å². The van der Waals surface area contributed by atoms with Crippen LogP contribution in [0.4, 0.5) is 0 Å². The lowest BCUT2D eigenvalue weighted by Crippen LogP contribution is -2.25. The maximum Gasteiger partial charge on any atom is 0.0799 e. The van der Waals surface area contributed by atoms with Crippen molar-refractivity contribution in [2.45, 2.75) is 102 Å². The predicted molar refractivity (Wildman–Crippen MR) is 90.8 cm³/mol. The molecule has 4 heteroatoms. The third kappa shape index (κ3) is 14.8. The largest absolute Gasteiger partial charge is 0.396 e. The SMILES string of the molecule is OCCCCCCCCC(O)C(O)CCCCCCCCO. The number of aliphatic hydroxyl groups is 4. The zero-order chi connectivity index (χ0) is 16.5. The van der Waals surface area contributed by atoms with Crippen molar-refractivity contribution in [3.63, 3.8) is 0 Å². The maximum atomic E-state index is 9.92. The summed E-state index contributed by atoms with van der Waals surface area (Å²) in [6.45, 7) is 0.568. The first-order valence-electron chi connectivity index (χ1n) is 9.30. The van der Waals surface area contributed by atoms with Crippen molar-refractivity contribution in [2.24, 2.45) is 0 Å². The molecule has 0 spiro atoms. The van der Waals surface area contributed by atoms with Crippen LogP contribution in [0.1, 0.15) is 89.9 Å². The highest BCUT2D eigenvalue weighted by Gasteiger charge is 2.15. The third-order valence-electron chi connectivity index (χ3n) is 4.26. The van der Waals surface area contributed by atoms with E-state index in [0.29, 0.717) is 12.8 Å². The fraction of sp³-hybridized carbons (Fsp3) is 1.00. The fourth-order valence-electron chi connectivity index (χ4n) is 2.73. The Bertz CT molecular complexity index is 189. The van der Waals surface area contributed by atoms with E-state index in [4.69, 9.17) is 10.2 Å². The lowest BCUT2D eigenvalue weighted by atomic mass is 9.99. The molecule has 0 rings (SSSR count). The molecule has 0 aromatic heterocycles. The highest BCUT2D eigenvalue weighted by molar-refractivity contribution is 4.67. The van der Waals surface area contributed by atoms with Gasteiger partial charge in [-0.05, 0) is 25.7 Å². The van der Waals surface area contributed by atoms with Crippen molar-refractivity contribution < 1.29 is 20.4 Å². The molecule has 0 aromatic rings. The van der Waals surface area contributed by atoms with Crippen LogP contribution in [0.5, 0.6) is 0 Å². The monoisotopic (exact) mass is 318 g/mol. The van der Waals surface area contributed by atoms with Crippen LogP contribution in [-0.2, 0) is 0 Å². The highest BCUT2D eigenvalue weighted by Crippen LogP contribution is 2.15. The molecule has 0 fully saturated rings. The second-order valence-corrected chi connectivity index (χ2v) is 6.40. The molecule has 134 valence electrons. The van der Waals surface area contributed by atoms with E-state index in [2.05, 4.69) is 0 Å². The molecular weight excluding hydrogens is 280 g/mol. The van der Waals surface area contributed by atoms with E-state index in [1.165, 1.54) is 0 Å². The van der Waals surface area contributed by atoms with Crippen LogP contribution in [0.2, 0.25) is 0 Å². The van der Waals surface area contributed by atoms with Crippen molar-refractivity contribution in [3.8, 4) is 0 Å². The second kappa shape index (κ2) is 17.2. The Balaban J connectivity index is 3.33. The topological polar surface area (TPSA) is 80.9 Å². The first-order valence-corrected chi connectivity index (χ1v) is 9.30. The molecule has 2 atom stereocenters. The zero-order valence-corrected chi connectivity index (χ0v) is 14.3. The van der Waals surface area contributed by atoms with E-state index in [9.17, 15) is 10.2 Å². The summed E-state index contributed by atoms with van der Waals surface area (Å²) in [6, 6.07) is 0. The lowest BCUT2D eigenvalue weighted by molar-refractivity contribution is 0.00711. The van der Waals surface area contributed by atoms with Gasteiger partial charge in [0.2, 0.25) is 0 Å². The van der Waals surface area contributed by atoms with Gasteiger partial charge in [-0.2, -0.15) is 0 Å². The molecule has 0 radical (unpaired) electrons. The van der Waals surface area contributed by atoms with Gasteiger partial charge in [-0.1, -0.05) is 64.2 Å². The Hall–Kier alpha value is -0.160. The van der Waals surface area contributed by atoms with Gasteiger partial charge in [0.05, 0.1) is 12.2 Å². The van der Waals surface area contributed by atoms with Gasteiger partial charge in [0.15, 0.2) is 0 Å². The van der Waals surface area contributed by atoms with Crippen molar-refractivity contribution in [2.75, 3.05) is 13.2 Å². The van der Waals surface area contributed by atoms with Crippen LogP contribution in [-0.4, -0.2) is 45.8 Å². The summed E-state index contributed by atoms with van der Waals surface area (Å²) in [6.07, 6.45) is 12.9. The summed E-state index contributed by atoms with van der Waals surface area (Å²) in [5, 5.41) is 37.2. The molecule has 0 aromatic carbocycles. The van der Waals surface area contributed by atoms with Crippen molar-refractivity contribution in [1.82, 2.24) is 0 Å². The minimum Gasteiger partial charge on any atom is -0.396 e. The molecule has 0 aliphatic carbocycles. The second-order valence-electron chi connectivity index (χ2n) is 6.40. The number of aliphatic hydroxyl groups excluding tert-OH is 4. The Labute approximate surface area is 136 Å². The van der Waals surface area contributed by atoms with Gasteiger partial charge in [0.25, 0.3) is 0 Å². The first-order chi connectivity index (χ1) is 10.7. The van der Waals surface area contributed by atoms with Crippen LogP contribution in [0, 0.1) is 0 Å². The molecule has 0 amide bonds. The van der Waals surface area contributed by atoms with Crippen LogP contribution in [0.15, 0.2) is 0 Å². The average molecular weight is 318 g/mol. The van der Waals surface area contributed by atoms with Gasteiger partial charge in [0.1, 0.15) is 0 Å². The lowest BCUT2D eigenvalue weighted by Gasteiger charge is -2.17. The predicted octanol–water partition coefficient (Wildman–Crippen LogP) is 3.15. The van der Waals surface area contributed by atoms with Crippen LogP contribution >= 0.6 is 0 Å². The number of hydrogen-bond acceptors (Lipinski definition) is 4. The van der Waals surface area contributed by atoms with Crippen molar-refractivity contribution >= 4 is 0 Å². The molecule has 0 saturated carbocycles. The highest BCUT2D eigenvalue weighted by atomic mass is 16.3. The van der Waals surface area contributed by atoms with Gasteiger partial charge < -0.3 is 20.4 Å². The molecule has 0 saturated heterocycles. The van der Waals surface area contributed by atoms with Gasteiger partial charge in [-0.25, -0.2) is 0 Å². The standard InChI is InChI=1S/C18H38O4/c19-15-11-7-3-1-5-9-13-17(21)18(22)14-10-6-2-4-8-12-16-20/h17-22H,1-16H2. The fourth-order valence-corrected chi connectivity index (χ4v) is 2.73. The van der Waals surface area contributed by atoms with Crippen molar-refractivity contribution in [3.05, 3.63) is 0 Å². The van der Waals surface area contributed by atoms with Crippen LogP contribution in [0.25, 0.3) is 0 Å². The number of unbranched alkanes of at least 4 members (excludes halogenated alkanes) is 10. The summed E-state index contributed by atoms with van der Waals surface area (Å²) in [5.74, 6) is 0. The number of rotatable bonds is 17. The van der Waals surface area contributed by atoms with Crippen molar-refractivity contribution in [1.29, 1.82) is 0 Å². The summed E-state index contributed by atoms with van der Waals surface area (Å²) < 4.78 is 0.